The number of aromatic nitrogens is 3. The quantitative estimate of drug-likeness (QED) is 0.839. The molecule has 2 atom stereocenters. The predicted octanol–water partition coefficient (Wildman–Crippen LogP) is 1.68. The molecule has 1 aromatic carbocycles. The molecule has 8 nitrogen and oxygen atoms in total. The molecule has 1 N–H and O–H groups in total. The summed E-state index contributed by atoms with van der Waals surface area (Å²) in [7, 11) is 1.78. The van der Waals surface area contributed by atoms with Gasteiger partial charge in [-0.25, -0.2) is 0 Å². The largest absolute Gasteiger partial charge is 0.345 e. The zero-order valence-corrected chi connectivity index (χ0v) is 14.7. The fourth-order valence-electron chi connectivity index (χ4n) is 2.71. The summed E-state index contributed by atoms with van der Waals surface area (Å²) in [4.78, 5) is 25.3. The molecule has 0 saturated carbocycles. The molecule has 2 amide bonds. The molecule has 130 valence electrons. The van der Waals surface area contributed by atoms with Gasteiger partial charge >= 0.3 is 0 Å². The minimum Gasteiger partial charge on any atom is -0.345 e. The third-order valence-electron chi connectivity index (χ3n) is 3.94. The van der Waals surface area contributed by atoms with Gasteiger partial charge in [0, 0.05) is 12.1 Å². The van der Waals surface area contributed by atoms with Crippen molar-refractivity contribution in [2.24, 2.45) is 18.1 Å². The van der Waals surface area contributed by atoms with Gasteiger partial charge in [-0.15, -0.1) is 10.2 Å². The number of anilines is 1. The van der Waals surface area contributed by atoms with Crippen molar-refractivity contribution in [1.82, 2.24) is 20.1 Å². The van der Waals surface area contributed by atoms with Gasteiger partial charge in [-0.05, 0) is 32.0 Å². The van der Waals surface area contributed by atoms with E-state index in [0.717, 1.165) is 0 Å². The Labute approximate surface area is 149 Å². The minimum absolute atomic E-state index is 0.388. The summed E-state index contributed by atoms with van der Waals surface area (Å²) in [6.07, 6.45) is 1.55. The highest BCUT2D eigenvalue weighted by Gasteiger charge is 2.40. The van der Waals surface area contributed by atoms with Crippen molar-refractivity contribution in [2.75, 3.05) is 5.01 Å². The lowest BCUT2D eigenvalue weighted by Gasteiger charge is -2.17. The summed E-state index contributed by atoms with van der Waals surface area (Å²) in [6, 6.07) is 6.37. The lowest BCUT2D eigenvalue weighted by atomic mass is 10.0. The van der Waals surface area contributed by atoms with Crippen molar-refractivity contribution < 1.29 is 9.59 Å². The van der Waals surface area contributed by atoms with Crippen molar-refractivity contribution in [3.05, 3.63) is 41.4 Å². The molecule has 0 aliphatic carbocycles. The van der Waals surface area contributed by atoms with E-state index in [1.807, 2.05) is 0 Å². The van der Waals surface area contributed by atoms with Crippen molar-refractivity contribution >= 4 is 34.8 Å². The smallest absolute Gasteiger partial charge is 0.265 e. The average molecular weight is 361 g/mol. The zero-order valence-electron chi connectivity index (χ0n) is 14.0. The Morgan fingerprint density at radius 1 is 1.40 bits per heavy atom. The van der Waals surface area contributed by atoms with Crippen LogP contribution in [0, 0.1) is 5.92 Å². The van der Waals surface area contributed by atoms with Crippen molar-refractivity contribution in [3.63, 3.8) is 0 Å². The zero-order chi connectivity index (χ0) is 18.1. The second-order valence-corrected chi connectivity index (χ2v) is 6.27. The summed E-state index contributed by atoms with van der Waals surface area (Å²) >= 11 is 5.97. The number of halogens is 1. The first-order valence-electron chi connectivity index (χ1n) is 7.67. The van der Waals surface area contributed by atoms with Crippen LogP contribution in [0.2, 0.25) is 5.02 Å². The summed E-state index contributed by atoms with van der Waals surface area (Å²) < 4.78 is 1.71. The number of rotatable bonds is 4. The number of hydrogen-bond acceptors (Lipinski definition) is 5. The number of carbonyl (C=O) groups is 2. The first kappa shape index (κ1) is 17.1. The van der Waals surface area contributed by atoms with Gasteiger partial charge in [0.1, 0.15) is 6.33 Å². The maximum atomic E-state index is 12.7. The van der Waals surface area contributed by atoms with Gasteiger partial charge in [-0.2, -0.15) is 10.1 Å². The maximum absolute atomic E-state index is 12.7. The third-order valence-corrected chi connectivity index (χ3v) is 4.17. The predicted molar refractivity (Wildman–Crippen MR) is 93.1 cm³/mol. The van der Waals surface area contributed by atoms with Crippen molar-refractivity contribution in [3.8, 4) is 0 Å². The van der Waals surface area contributed by atoms with Crippen molar-refractivity contribution in [2.45, 2.75) is 19.9 Å². The van der Waals surface area contributed by atoms with Crippen LogP contribution < -0.4 is 10.3 Å². The van der Waals surface area contributed by atoms with E-state index in [2.05, 4.69) is 20.6 Å². The first-order chi connectivity index (χ1) is 11.9. The van der Waals surface area contributed by atoms with E-state index in [1.165, 1.54) is 5.01 Å². The van der Waals surface area contributed by atoms with Gasteiger partial charge < -0.3 is 9.88 Å². The van der Waals surface area contributed by atoms with Crippen molar-refractivity contribution in [1.29, 1.82) is 0 Å². The van der Waals surface area contributed by atoms with Crippen LogP contribution >= 0.6 is 11.6 Å². The van der Waals surface area contributed by atoms with Crippen LogP contribution in [0.25, 0.3) is 0 Å². The topological polar surface area (TPSA) is 92.5 Å². The number of hydrazone groups is 1. The molecule has 25 heavy (non-hydrogen) atoms. The molecule has 0 radical (unpaired) electrons. The number of benzene rings is 1. The van der Waals surface area contributed by atoms with E-state index in [4.69, 9.17) is 11.6 Å². The van der Waals surface area contributed by atoms with Crippen LogP contribution in [0.4, 0.5) is 5.69 Å². The van der Waals surface area contributed by atoms with E-state index in [9.17, 15) is 9.59 Å². The Morgan fingerprint density at radius 3 is 2.80 bits per heavy atom. The number of hydrogen-bond donors (Lipinski definition) is 1. The van der Waals surface area contributed by atoms with Crippen LogP contribution in [0.5, 0.6) is 0 Å². The Hall–Kier alpha value is -2.74. The van der Waals surface area contributed by atoms with Crippen LogP contribution in [0.3, 0.4) is 0 Å². The van der Waals surface area contributed by atoms with Crippen LogP contribution in [-0.4, -0.2) is 32.3 Å². The van der Waals surface area contributed by atoms with E-state index >= 15 is 0 Å². The number of nitrogens with one attached hydrogen (secondary N) is 1. The van der Waals surface area contributed by atoms with Crippen LogP contribution in [-0.2, 0) is 16.6 Å². The molecular formula is C16H17ClN6O2. The van der Waals surface area contributed by atoms with Gasteiger partial charge in [0.15, 0.2) is 11.7 Å². The molecular weight excluding hydrogens is 344 g/mol. The Morgan fingerprint density at radius 2 is 2.16 bits per heavy atom. The fourth-order valence-corrected chi connectivity index (χ4v) is 2.89. The molecule has 1 aliphatic rings. The number of nitrogens with zero attached hydrogens (tertiary/aromatic N) is 5. The van der Waals surface area contributed by atoms with Gasteiger partial charge in [0.2, 0.25) is 5.91 Å². The highest BCUT2D eigenvalue weighted by Crippen LogP contribution is 2.26. The molecule has 0 unspecified atom stereocenters. The maximum Gasteiger partial charge on any atom is 0.265 e. The fraction of sp³-hybridized carbons (Fsp3) is 0.312. The Balaban J connectivity index is 1.77. The summed E-state index contributed by atoms with van der Waals surface area (Å²) in [5.41, 5.74) is 0.946. The number of aryl methyl sites for hydroxylation is 1. The Kier molecular flexibility index (Phi) is 4.54. The van der Waals surface area contributed by atoms with E-state index in [0.29, 0.717) is 22.2 Å². The number of amides is 2. The lowest BCUT2D eigenvalue weighted by Crippen LogP contribution is -2.41. The normalized spacial score (nSPS) is 18.2. The molecule has 2 heterocycles. The van der Waals surface area contributed by atoms with Crippen LogP contribution in [0.1, 0.15) is 25.7 Å². The molecule has 0 bridgehead atoms. The van der Waals surface area contributed by atoms with Gasteiger partial charge in [0.05, 0.1) is 17.4 Å². The first-order valence-corrected chi connectivity index (χ1v) is 8.05. The number of carbonyl (C=O) groups excluding carboxylic acids is 2. The third kappa shape index (κ3) is 3.25. The minimum atomic E-state index is -0.977. The molecule has 1 aromatic heterocycles. The highest BCUT2D eigenvalue weighted by molar-refractivity contribution is 6.31. The molecule has 9 heteroatoms. The monoisotopic (exact) mass is 360 g/mol. The van der Waals surface area contributed by atoms with E-state index in [1.54, 1.807) is 56.1 Å². The van der Waals surface area contributed by atoms with Gasteiger partial charge in [-0.3, -0.25) is 9.59 Å². The SMILES string of the molecule is CC1=NN(c2cccc(Cl)c2)C(=O)[C@@H]1C(=O)N[C@@H](C)c1nncn1C. The second kappa shape index (κ2) is 6.64. The average Bonchev–Trinajstić information content (AvgIpc) is 3.10. The Bertz CT molecular complexity index is 862. The molecule has 0 spiro atoms. The summed E-state index contributed by atoms with van der Waals surface area (Å²) in [5, 5.41) is 16.5. The molecule has 0 saturated heterocycles. The molecule has 1 aliphatic heterocycles. The lowest BCUT2D eigenvalue weighted by molar-refractivity contribution is -0.130. The van der Waals surface area contributed by atoms with Crippen LogP contribution in [0.15, 0.2) is 35.7 Å². The van der Waals surface area contributed by atoms with Gasteiger partial charge in [0.25, 0.3) is 5.91 Å². The van der Waals surface area contributed by atoms with Gasteiger partial charge in [-0.1, -0.05) is 17.7 Å². The van der Waals surface area contributed by atoms with E-state index in [-0.39, 0.29) is 6.04 Å². The molecule has 0 fully saturated rings. The molecule has 2 aromatic rings. The molecule has 3 rings (SSSR count). The second-order valence-electron chi connectivity index (χ2n) is 5.83. The highest BCUT2D eigenvalue weighted by atomic mass is 35.5. The summed E-state index contributed by atoms with van der Waals surface area (Å²) in [5.74, 6) is -1.22. The van der Waals surface area contributed by atoms with E-state index < -0.39 is 17.7 Å². The standard InChI is InChI=1S/C16H17ClN6O2/c1-9-13(15(24)19-10(2)14-20-18-8-22(14)3)16(25)23(21-9)12-6-4-5-11(17)7-12/h4-8,10,13H,1-3H3,(H,19,24)/t10-,13-/m0/s1. The summed E-state index contributed by atoms with van der Waals surface area (Å²) in [6.45, 7) is 3.43.